The molecule has 0 aromatic heterocycles. The number of amidine groups is 1. The third kappa shape index (κ3) is 4.04. The van der Waals surface area contributed by atoms with Crippen LogP contribution in [0.5, 0.6) is 0 Å². The van der Waals surface area contributed by atoms with Gasteiger partial charge in [-0.3, -0.25) is 0 Å². The summed E-state index contributed by atoms with van der Waals surface area (Å²) in [7, 11) is 0. The van der Waals surface area contributed by atoms with E-state index >= 15 is 0 Å². The minimum Gasteiger partial charge on any atom is -0.409 e. The fraction of sp³-hybridized carbons (Fsp3) is 0.909. The summed E-state index contributed by atoms with van der Waals surface area (Å²) in [6.45, 7) is 1.38. The van der Waals surface area contributed by atoms with Gasteiger partial charge in [0.2, 0.25) is 0 Å². The van der Waals surface area contributed by atoms with Crippen molar-refractivity contribution in [2.75, 3.05) is 6.61 Å². The number of halogens is 3. The van der Waals surface area contributed by atoms with E-state index in [9.17, 15) is 13.2 Å². The Morgan fingerprint density at radius 3 is 2.56 bits per heavy atom. The van der Waals surface area contributed by atoms with Crippen LogP contribution in [0, 0.1) is 11.8 Å². The average Bonchev–Trinajstić information content (AvgIpc) is 2.29. The van der Waals surface area contributed by atoms with E-state index in [0.717, 1.165) is 25.7 Å². The number of oxime groups is 1. The van der Waals surface area contributed by atoms with Crippen LogP contribution in [0.1, 0.15) is 32.6 Å². The van der Waals surface area contributed by atoms with Gasteiger partial charge in [-0.15, -0.1) is 0 Å². The Labute approximate surface area is 104 Å². The van der Waals surface area contributed by atoms with Gasteiger partial charge < -0.3 is 15.7 Å². The Bertz CT molecular complexity index is 295. The summed E-state index contributed by atoms with van der Waals surface area (Å²) in [5.41, 5.74) is 5.05. The van der Waals surface area contributed by atoms with Gasteiger partial charge in [-0.05, 0) is 18.8 Å². The molecule has 0 aromatic carbocycles. The molecule has 0 spiro atoms. The molecule has 0 saturated heterocycles. The first-order chi connectivity index (χ1) is 8.36. The van der Waals surface area contributed by atoms with E-state index < -0.39 is 24.5 Å². The fourth-order valence-electron chi connectivity index (χ4n) is 2.17. The van der Waals surface area contributed by atoms with Crippen molar-refractivity contribution in [3.8, 4) is 0 Å². The summed E-state index contributed by atoms with van der Waals surface area (Å²) < 4.78 is 43.3. The van der Waals surface area contributed by atoms with Gasteiger partial charge in [0, 0.05) is 0 Å². The second-order valence-electron chi connectivity index (χ2n) is 4.75. The predicted molar refractivity (Wildman–Crippen MR) is 60.3 cm³/mol. The molecule has 106 valence electrons. The minimum atomic E-state index is -4.56. The molecule has 0 amide bonds. The van der Waals surface area contributed by atoms with Crippen molar-refractivity contribution in [2.45, 2.75) is 44.9 Å². The monoisotopic (exact) mass is 268 g/mol. The Hall–Kier alpha value is -0.980. The van der Waals surface area contributed by atoms with Crippen molar-refractivity contribution in [1.82, 2.24) is 0 Å². The van der Waals surface area contributed by atoms with Crippen molar-refractivity contribution in [2.24, 2.45) is 22.7 Å². The molecule has 1 aliphatic carbocycles. The maximum absolute atomic E-state index is 12.7. The van der Waals surface area contributed by atoms with Crippen LogP contribution >= 0.6 is 0 Å². The molecular formula is C11H19F3N2O2. The molecule has 4 nitrogen and oxygen atoms in total. The smallest absolute Gasteiger partial charge is 0.401 e. The quantitative estimate of drug-likeness (QED) is 0.356. The maximum Gasteiger partial charge on any atom is 0.401 e. The number of ether oxygens (including phenoxy) is 1. The maximum atomic E-state index is 12.7. The summed E-state index contributed by atoms with van der Waals surface area (Å²) in [4.78, 5) is 0. The SMILES string of the molecule is CC1CCCCC1OCC(C(N)=NO)C(F)(F)F. The fourth-order valence-corrected chi connectivity index (χ4v) is 2.17. The van der Waals surface area contributed by atoms with Crippen molar-refractivity contribution >= 4 is 5.84 Å². The number of alkyl halides is 3. The molecule has 0 aliphatic heterocycles. The number of hydrogen-bond donors (Lipinski definition) is 2. The lowest BCUT2D eigenvalue weighted by molar-refractivity contribution is -0.175. The standard InChI is InChI=1S/C11H19F3N2O2/c1-7-4-2-3-5-9(7)18-6-8(10(15)16-17)11(12,13)14/h7-9,17H,2-6H2,1H3,(H2,15,16). The highest BCUT2D eigenvalue weighted by atomic mass is 19.4. The first-order valence-corrected chi connectivity index (χ1v) is 6.02. The van der Waals surface area contributed by atoms with Crippen LogP contribution in [0.3, 0.4) is 0 Å². The Morgan fingerprint density at radius 1 is 1.44 bits per heavy atom. The molecule has 7 heteroatoms. The first kappa shape index (κ1) is 15.1. The predicted octanol–water partition coefficient (Wildman–Crippen LogP) is 2.51. The molecule has 0 radical (unpaired) electrons. The zero-order valence-corrected chi connectivity index (χ0v) is 10.3. The van der Waals surface area contributed by atoms with Gasteiger partial charge in [-0.2, -0.15) is 13.2 Å². The largest absolute Gasteiger partial charge is 0.409 e. The van der Waals surface area contributed by atoms with Gasteiger partial charge in [-0.1, -0.05) is 24.9 Å². The molecule has 1 rings (SSSR count). The molecule has 3 atom stereocenters. The van der Waals surface area contributed by atoms with E-state index in [0.29, 0.717) is 0 Å². The van der Waals surface area contributed by atoms with E-state index in [2.05, 4.69) is 5.16 Å². The molecule has 1 aliphatic rings. The Balaban J connectivity index is 2.57. The highest BCUT2D eigenvalue weighted by Crippen LogP contribution is 2.30. The van der Waals surface area contributed by atoms with Crippen LogP contribution in [-0.2, 0) is 4.74 Å². The summed E-state index contributed by atoms with van der Waals surface area (Å²) in [5.74, 6) is -2.65. The van der Waals surface area contributed by atoms with Gasteiger partial charge in [-0.25, -0.2) is 0 Å². The molecule has 1 fully saturated rings. The molecule has 3 N–H and O–H groups in total. The summed E-state index contributed by atoms with van der Waals surface area (Å²) in [5, 5.41) is 10.8. The van der Waals surface area contributed by atoms with Crippen LogP contribution in [0.15, 0.2) is 5.16 Å². The van der Waals surface area contributed by atoms with Crippen molar-refractivity contribution in [1.29, 1.82) is 0 Å². The van der Waals surface area contributed by atoms with Gasteiger partial charge in [0.05, 0.1) is 12.7 Å². The molecule has 0 heterocycles. The van der Waals surface area contributed by atoms with Crippen molar-refractivity contribution in [3.05, 3.63) is 0 Å². The van der Waals surface area contributed by atoms with E-state index in [-0.39, 0.29) is 12.0 Å². The minimum absolute atomic E-state index is 0.171. The first-order valence-electron chi connectivity index (χ1n) is 6.02. The molecule has 0 aromatic rings. The molecule has 3 unspecified atom stereocenters. The average molecular weight is 268 g/mol. The van der Waals surface area contributed by atoms with Gasteiger partial charge >= 0.3 is 6.18 Å². The van der Waals surface area contributed by atoms with Gasteiger partial charge in [0.15, 0.2) is 5.84 Å². The zero-order valence-electron chi connectivity index (χ0n) is 10.3. The number of nitrogens with zero attached hydrogens (tertiary/aromatic N) is 1. The molecule has 18 heavy (non-hydrogen) atoms. The van der Waals surface area contributed by atoms with Crippen LogP contribution in [-0.4, -0.2) is 29.9 Å². The third-order valence-corrected chi connectivity index (χ3v) is 3.38. The lowest BCUT2D eigenvalue weighted by Gasteiger charge is -2.30. The van der Waals surface area contributed by atoms with E-state index in [1.165, 1.54) is 0 Å². The van der Waals surface area contributed by atoms with Gasteiger partial charge in [0.1, 0.15) is 5.92 Å². The lowest BCUT2D eigenvalue weighted by atomic mass is 9.88. The second-order valence-corrected chi connectivity index (χ2v) is 4.75. The van der Waals surface area contributed by atoms with E-state index in [4.69, 9.17) is 15.7 Å². The molecular weight excluding hydrogens is 249 g/mol. The van der Waals surface area contributed by atoms with E-state index in [1.54, 1.807) is 0 Å². The van der Waals surface area contributed by atoms with Crippen molar-refractivity contribution in [3.63, 3.8) is 0 Å². The van der Waals surface area contributed by atoms with Crippen LogP contribution in [0.2, 0.25) is 0 Å². The second kappa shape index (κ2) is 6.26. The number of rotatable bonds is 4. The Morgan fingerprint density at radius 2 is 2.06 bits per heavy atom. The number of hydrogen-bond acceptors (Lipinski definition) is 3. The highest BCUT2D eigenvalue weighted by Gasteiger charge is 2.43. The summed E-state index contributed by atoms with van der Waals surface area (Å²) in [6, 6.07) is 0. The zero-order chi connectivity index (χ0) is 13.8. The van der Waals surface area contributed by atoms with Crippen molar-refractivity contribution < 1.29 is 23.1 Å². The number of nitrogens with two attached hydrogens (primary N) is 1. The van der Waals surface area contributed by atoms with Crippen LogP contribution in [0.4, 0.5) is 13.2 Å². The topological polar surface area (TPSA) is 67.8 Å². The Kier molecular flexibility index (Phi) is 5.25. The van der Waals surface area contributed by atoms with E-state index in [1.807, 2.05) is 6.92 Å². The van der Waals surface area contributed by atoms with Crippen LogP contribution in [0.25, 0.3) is 0 Å². The third-order valence-electron chi connectivity index (χ3n) is 3.38. The molecule has 1 saturated carbocycles. The lowest BCUT2D eigenvalue weighted by Crippen LogP contribution is -2.41. The summed E-state index contributed by atoms with van der Waals surface area (Å²) >= 11 is 0. The van der Waals surface area contributed by atoms with Gasteiger partial charge in [0.25, 0.3) is 0 Å². The summed E-state index contributed by atoms with van der Waals surface area (Å²) in [6.07, 6.45) is -0.949. The highest BCUT2D eigenvalue weighted by molar-refractivity contribution is 5.83. The van der Waals surface area contributed by atoms with Crippen LogP contribution < -0.4 is 5.73 Å². The molecule has 0 bridgehead atoms. The normalized spacial score (nSPS) is 28.1.